The van der Waals surface area contributed by atoms with Crippen LogP contribution in [0.1, 0.15) is 0 Å². The lowest BCUT2D eigenvalue weighted by Gasteiger charge is -2.11. The molecule has 0 saturated carbocycles. The van der Waals surface area contributed by atoms with Crippen LogP contribution in [-0.2, 0) is 0 Å². The minimum Gasteiger partial charge on any atom is -0.309 e. The lowest BCUT2D eigenvalue weighted by molar-refractivity contribution is 1.17. The van der Waals surface area contributed by atoms with E-state index in [2.05, 4.69) is 428 Å². The minimum absolute atomic E-state index is 1.15. The second-order valence-corrected chi connectivity index (χ2v) is 28.4. The summed E-state index contributed by atoms with van der Waals surface area (Å²) >= 11 is 0. The van der Waals surface area contributed by atoms with Gasteiger partial charge in [0.05, 0.1) is 66.2 Å². The van der Waals surface area contributed by atoms with Gasteiger partial charge in [-0.3, -0.25) is 0 Å². The zero-order chi connectivity index (χ0) is 70.9. The molecular formula is C102H66N6. The first-order chi connectivity index (χ1) is 53.6. The number of hydrogen-bond acceptors (Lipinski definition) is 0. The summed E-state index contributed by atoms with van der Waals surface area (Å²) in [5, 5.41) is 15.0. The number of hydrogen-bond donors (Lipinski definition) is 0. The Morgan fingerprint density at radius 1 is 0.102 bits per heavy atom. The average molecular weight is 1380 g/mol. The van der Waals surface area contributed by atoms with Crippen LogP contribution in [0, 0.1) is 0 Å². The Labute approximate surface area is 622 Å². The quantitative estimate of drug-likeness (QED) is 0.138. The van der Waals surface area contributed by atoms with Crippen molar-refractivity contribution in [3.63, 3.8) is 0 Å². The second-order valence-electron chi connectivity index (χ2n) is 28.4. The molecule has 108 heavy (non-hydrogen) atoms. The molecule has 0 unspecified atom stereocenters. The summed E-state index contributed by atoms with van der Waals surface area (Å²) in [5.41, 5.74) is 28.6. The van der Waals surface area contributed by atoms with E-state index in [0.29, 0.717) is 0 Å². The van der Waals surface area contributed by atoms with E-state index in [1.807, 2.05) is 0 Å². The van der Waals surface area contributed by atoms with Gasteiger partial charge in [0.1, 0.15) is 0 Å². The lowest BCUT2D eigenvalue weighted by atomic mass is 10.00. The number of fused-ring (bicyclic) bond motifs is 18. The molecule has 0 atom stereocenters. The van der Waals surface area contributed by atoms with Crippen LogP contribution in [0.2, 0.25) is 0 Å². The molecule has 0 aliphatic heterocycles. The van der Waals surface area contributed by atoms with E-state index in [4.69, 9.17) is 0 Å². The molecular weight excluding hydrogens is 1310 g/mol. The molecule has 504 valence electrons. The largest absolute Gasteiger partial charge is 0.309 e. The molecule has 0 fully saturated rings. The van der Waals surface area contributed by atoms with Crippen LogP contribution in [0.15, 0.2) is 400 Å². The number of para-hydroxylation sites is 9. The van der Waals surface area contributed by atoms with E-state index in [-0.39, 0.29) is 0 Å². The van der Waals surface area contributed by atoms with Crippen molar-refractivity contribution in [1.29, 1.82) is 0 Å². The highest BCUT2D eigenvalue weighted by Crippen LogP contribution is 2.46. The molecule has 0 radical (unpaired) electrons. The van der Waals surface area contributed by atoms with Gasteiger partial charge < -0.3 is 27.4 Å². The summed E-state index contributed by atoms with van der Waals surface area (Å²) in [6, 6.07) is 146. The fourth-order valence-electron chi connectivity index (χ4n) is 17.6. The summed E-state index contributed by atoms with van der Waals surface area (Å²) < 4.78 is 14.5. The molecule has 23 rings (SSSR count). The predicted molar refractivity (Wildman–Crippen MR) is 455 cm³/mol. The fraction of sp³-hybridized carbons (Fsp3) is 0. The maximum atomic E-state index is 2.43. The zero-order valence-electron chi connectivity index (χ0n) is 58.8. The van der Waals surface area contributed by atoms with Crippen LogP contribution in [0.3, 0.4) is 0 Å². The van der Waals surface area contributed by atoms with Gasteiger partial charge in [0.25, 0.3) is 0 Å². The molecule has 17 aromatic carbocycles. The molecule has 0 N–H and O–H groups in total. The Balaban J connectivity index is 0.000000135. The first-order valence-corrected chi connectivity index (χ1v) is 37.1. The normalized spacial score (nSPS) is 11.9. The van der Waals surface area contributed by atoms with Crippen LogP contribution in [-0.4, -0.2) is 27.4 Å². The fourth-order valence-corrected chi connectivity index (χ4v) is 17.6. The van der Waals surface area contributed by atoms with E-state index < -0.39 is 0 Å². The van der Waals surface area contributed by atoms with Gasteiger partial charge in [0.15, 0.2) is 0 Å². The third kappa shape index (κ3) is 9.60. The monoisotopic (exact) mass is 1370 g/mol. The van der Waals surface area contributed by atoms with Crippen molar-refractivity contribution < 1.29 is 0 Å². The smallest absolute Gasteiger partial charge is 0.0548 e. The third-order valence-corrected chi connectivity index (χ3v) is 22.4. The van der Waals surface area contributed by atoms with Crippen molar-refractivity contribution in [2.45, 2.75) is 0 Å². The molecule has 0 bridgehead atoms. The highest BCUT2D eigenvalue weighted by atomic mass is 15.0. The van der Waals surface area contributed by atoms with Crippen LogP contribution < -0.4 is 0 Å². The van der Waals surface area contributed by atoms with Gasteiger partial charge in [0.2, 0.25) is 0 Å². The Bertz CT molecular complexity index is 7500. The van der Waals surface area contributed by atoms with Crippen molar-refractivity contribution >= 4 is 131 Å². The van der Waals surface area contributed by atoms with E-state index in [1.165, 1.54) is 170 Å². The Morgan fingerprint density at radius 2 is 0.315 bits per heavy atom. The summed E-state index contributed by atoms with van der Waals surface area (Å²) in [4.78, 5) is 0. The molecule has 0 aliphatic rings. The molecule has 6 aromatic heterocycles. The molecule has 6 nitrogen and oxygen atoms in total. The molecule has 0 aliphatic carbocycles. The Morgan fingerprint density at radius 3 is 0.676 bits per heavy atom. The first-order valence-electron chi connectivity index (χ1n) is 37.1. The van der Waals surface area contributed by atoms with Gasteiger partial charge >= 0.3 is 0 Å². The van der Waals surface area contributed by atoms with Crippen molar-refractivity contribution in [2.24, 2.45) is 0 Å². The maximum Gasteiger partial charge on any atom is 0.0548 e. The van der Waals surface area contributed by atoms with Crippen molar-refractivity contribution in [3.8, 4) is 67.5 Å². The molecule has 6 heterocycles. The SMILES string of the molecule is c1ccc(-c2cccc(-n3c4ccccc4c4cc(-c5ccc6c(c5)c5cc7c(cc5n6-c5ccccc5)c5ccccc5n7-c5ccccc5)ccc43)c2)cc1.c1ccc(-n2c3ccccc3c3ccc(-c4ccc5c(c4)c4cc6c(cc4n5-c4ccccc4)c4ccccc4n6-c4ccccc4)cc32)cc1. The van der Waals surface area contributed by atoms with Crippen molar-refractivity contribution in [1.82, 2.24) is 27.4 Å². The van der Waals surface area contributed by atoms with Crippen LogP contribution in [0.5, 0.6) is 0 Å². The third-order valence-electron chi connectivity index (χ3n) is 22.4. The lowest BCUT2D eigenvalue weighted by Crippen LogP contribution is -1.94. The van der Waals surface area contributed by atoms with Crippen molar-refractivity contribution in [3.05, 3.63) is 400 Å². The highest BCUT2D eigenvalue weighted by Gasteiger charge is 2.24. The topological polar surface area (TPSA) is 29.6 Å². The summed E-state index contributed by atoms with van der Waals surface area (Å²) in [6.07, 6.45) is 0. The summed E-state index contributed by atoms with van der Waals surface area (Å²) in [7, 11) is 0. The molecule has 0 saturated heterocycles. The van der Waals surface area contributed by atoms with E-state index in [0.717, 1.165) is 28.4 Å². The summed E-state index contributed by atoms with van der Waals surface area (Å²) in [5.74, 6) is 0. The van der Waals surface area contributed by atoms with Crippen LogP contribution in [0.25, 0.3) is 198 Å². The van der Waals surface area contributed by atoms with Gasteiger partial charge in [-0.2, -0.15) is 0 Å². The summed E-state index contributed by atoms with van der Waals surface area (Å²) in [6.45, 7) is 0. The maximum absolute atomic E-state index is 2.43. The van der Waals surface area contributed by atoms with Gasteiger partial charge in [-0.15, -0.1) is 0 Å². The molecule has 0 spiro atoms. The first kappa shape index (κ1) is 61.1. The van der Waals surface area contributed by atoms with Crippen LogP contribution in [0.4, 0.5) is 0 Å². The van der Waals surface area contributed by atoms with Gasteiger partial charge in [0, 0.05) is 98.8 Å². The van der Waals surface area contributed by atoms with Gasteiger partial charge in [-0.05, 0) is 197 Å². The van der Waals surface area contributed by atoms with E-state index >= 15 is 0 Å². The second kappa shape index (κ2) is 24.6. The van der Waals surface area contributed by atoms with Crippen molar-refractivity contribution in [2.75, 3.05) is 0 Å². The molecule has 23 aromatic rings. The molecule has 6 heteroatoms. The standard InChI is InChI=1S/C54H35N3.C48H31N3/c1-4-15-36(16-5-1)37-17-14-22-42(31-37)57-50-26-13-10-23-43(50)45-32-38(27-29-51(45)57)39-28-30-52-46(33-39)48-35-53-47(34-54(48)56(52)41-20-8-3-9-21-41)44-24-11-12-25-49(44)55(53)40-18-6-2-7-19-40;1-4-14-34(15-5-1)49-43-22-12-10-20-37(43)39-26-24-33(29-46(39)49)32-25-27-45-40(28-32)42-31-47-41(30-48(42)51(45)36-18-8-3-9-19-36)38-21-11-13-23-44(38)50(47)35-16-6-2-7-17-35/h1-35H;1-31H. The van der Waals surface area contributed by atoms with E-state index in [1.54, 1.807) is 0 Å². The zero-order valence-corrected chi connectivity index (χ0v) is 58.8. The molecule has 0 amide bonds. The number of nitrogens with zero attached hydrogens (tertiary/aromatic N) is 6. The highest BCUT2D eigenvalue weighted by molar-refractivity contribution is 6.22. The van der Waals surface area contributed by atoms with Crippen LogP contribution >= 0.6 is 0 Å². The number of aromatic nitrogens is 6. The number of benzene rings is 17. The van der Waals surface area contributed by atoms with Gasteiger partial charge in [-0.1, -0.05) is 237 Å². The number of rotatable bonds is 9. The Kier molecular flexibility index (Phi) is 13.9. The average Bonchev–Trinajstić information content (AvgIpc) is 1.56. The van der Waals surface area contributed by atoms with E-state index in [9.17, 15) is 0 Å². The van der Waals surface area contributed by atoms with Gasteiger partial charge in [-0.25, -0.2) is 0 Å². The predicted octanol–water partition coefficient (Wildman–Crippen LogP) is 27.0. The Hall–Kier alpha value is -14.5. The minimum atomic E-state index is 1.15.